The van der Waals surface area contributed by atoms with Crippen LogP contribution in [0, 0.1) is 0 Å². The van der Waals surface area contributed by atoms with Gasteiger partial charge in [0.15, 0.2) is 0 Å². The number of fused-ring (bicyclic) bond motifs is 1. The van der Waals surface area contributed by atoms with Crippen molar-refractivity contribution < 1.29 is 4.42 Å². The fourth-order valence-corrected chi connectivity index (χ4v) is 2.08. The van der Waals surface area contributed by atoms with E-state index in [9.17, 15) is 0 Å². The van der Waals surface area contributed by atoms with E-state index >= 15 is 0 Å². The molecular weight excluding hydrogens is 226 g/mol. The Morgan fingerprint density at radius 3 is 2.89 bits per heavy atom. The minimum atomic E-state index is 0.885. The topological polar surface area (TPSA) is 41.3 Å². The molecule has 0 radical (unpaired) electrons. The fourth-order valence-electron chi connectivity index (χ4n) is 2.08. The molecule has 4 nitrogen and oxygen atoms in total. The Hall–Kier alpha value is -1.55. The zero-order valence-corrected chi connectivity index (χ0v) is 11.1. The summed E-state index contributed by atoms with van der Waals surface area (Å²) in [5, 5.41) is 4.44. The molecule has 2 aromatic rings. The quantitative estimate of drug-likeness (QED) is 0.764. The lowest BCUT2D eigenvalue weighted by Crippen LogP contribution is -2.25. The standard InChI is InChI=1S/C14H21N3O/c1-3-17(4-2)10-5-8-15-14-12-7-11-18-13(12)6-9-16-14/h6-7,9,11H,3-5,8,10H2,1-2H3,(H,15,16). The number of rotatable bonds is 7. The van der Waals surface area contributed by atoms with E-state index in [2.05, 4.69) is 29.0 Å². The highest BCUT2D eigenvalue weighted by Crippen LogP contribution is 2.21. The van der Waals surface area contributed by atoms with Crippen molar-refractivity contribution in [2.24, 2.45) is 0 Å². The highest BCUT2D eigenvalue weighted by atomic mass is 16.3. The Morgan fingerprint density at radius 1 is 1.28 bits per heavy atom. The number of nitrogens with one attached hydrogen (secondary N) is 1. The molecule has 4 heteroatoms. The van der Waals surface area contributed by atoms with Gasteiger partial charge in [0.1, 0.15) is 11.4 Å². The lowest BCUT2D eigenvalue weighted by molar-refractivity contribution is 0.303. The highest BCUT2D eigenvalue weighted by molar-refractivity contribution is 5.87. The number of hydrogen-bond acceptors (Lipinski definition) is 4. The van der Waals surface area contributed by atoms with Gasteiger partial charge in [-0.05, 0) is 38.2 Å². The van der Waals surface area contributed by atoms with Crippen LogP contribution in [0.1, 0.15) is 20.3 Å². The first-order chi connectivity index (χ1) is 8.85. The number of nitrogens with zero attached hydrogens (tertiary/aromatic N) is 2. The third-order valence-corrected chi connectivity index (χ3v) is 3.22. The van der Waals surface area contributed by atoms with Gasteiger partial charge in [0.2, 0.25) is 0 Å². The van der Waals surface area contributed by atoms with E-state index in [1.165, 1.54) is 0 Å². The van der Waals surface area contributed by atoms with Crippen molar-refractivity contribution >= 4 is 16.8 Å². The predicted molar refractivity (Wildman–Crippen MR) is 74.9 cm³/mol. The van der Waals surface area contributed by atoms with Crippen LogP contribution in [0.3, 0.4) is 0 Å². The number of pyridine rings is 1. The normalized spacial score (nSPS) is 11.3. The summed E-state index contributed by atoms with van der Waals surface area (Å²) in [4.78, 5) is 6.78. The molecule has 0 aliphatic heterocycles. The molecule has 0 aliphatic rings. The molecule has 0 saturated heterocycles. The Bertz CT molecular complexity index is 477. The van der Waals surface area contributed by atoms with Crippen LogP contribution in [0.4, 0.5) is 5.82 Å². The zero-order chi connectivity index (χ0) is 12.8. The summed E-state index contributed by atoms with van der Waals surface area (Å²) in [5.74, 6) is 0.917. The molecule has 2 heterocycles. The predicted octanol–water partition coefficient (Wildman–Crippen LogP) is 2.97. The van der Waals surface area contributed by atoms with Crippen molar-refractivity contribution in [2.45, 2.75) is 20.3 Å². The molecule has 0 spiro atoms. The Morgan fingerprint density at radius 2 is 2.11 bits per heavy atom. The van der Waals surface area contributed by atoms with Crippen molar-refractivity contribution in [3.8, 4) is 0 Å². The molecule has 2 rings (SSSR count). The molecule has 0 bridgehead atoms. The summed E-state index contributed by atoms with van der Waals surface area (Å²) < 4.78 is 5.35. The summed E-state index contributed by atoms with van der Waals surface area (Å²) in [6.45, 7) is 8.70. The van der Waals surface area contributed by atoms with Crippen molar-refractivity contribution in [1.29, 1.82) is 0 Å². The lowest BCUT2D eigenvalue weighted by atomic mass is 10.3. The SMILES string of the molecule is CCN(CC)CCCNc1nccc2occc12. The van der Waals surface area contributed by atoms with Crippen molar-refractivity contribution in [1.82, 2.24) is 9.88 Å². The zero-order valence-electron chi connectivity index (χ0n) is 11.1. The maximum absolute atomic E-state index is 5.35. The third-order valence-electron chi connectivity index (χ3n) is 3.22. The van der Waals surface area contributed by atoms with E-state index in [-0.39, 0.29) is 0 Å². The Balaban J connectivity index is 1.85. The van der Waals surface area contributed by atoms with Crippen LogP contribution in [0.5, 0.6) is 0 Å². The van der Waals surface area contributed by atoms with Crippen LogP contribution in [0.2, 0.25) is 0 Å². The van der Waals surface area contributed by atoms with E-state index in [1.807, 2.05) is 12.1 Å². The summed E-state index contributed by atoms with van der Waals surface area (Å²) in [6.07, 6.45) is 4.60. The average molecular weight is 247 g/mol. The van der Waals surface area contributed by atoms with E-state index in [0.717, 1.165) is 49.4 Å². The van der Waals surface area contributed by atoms with Crippen molar-refractivity contribution in [3.63, 3.8) is 0 Å². The van der Waals surface area contributed by atoms with E-state index in [1.54, 1.807) is 12.5 Å². The largest absolute Gasteiger partial charge is 0.464 e. The van der Waals surface area contributed by atoms with Gasteiger partial charge in [-0.2, -0.15) is 0 Å². The fraction of sp³-hybridized carbons (Fsp3) is 0.500. The highest BCUT2D eigenvalue weighted by Gasteiger charge is 2.04. The van der Waals surface area contributed by atoms with Gasteiger partial charge in [0, 0.05) is 12.7 Å². The summed E-state index contributed by atoms with van der Waals surface area (Å²) in [7, 11) is 0. The number of aromatic nitrogens is 1. The van der Waals surface area contributed by atoms with Gasteiger partial charge in [-0.3, -0.25) is 0 Å². The van der Waals surface area contributed by atoms with Gasteiger partial charge < -0.3 is 14.6 Å². The molecule has 2 aromatic heterocycles. The molecule has 18 heavy (non-hydrogen) atoms. The van der Waals surface area contributed by atoms with Crippen LogP contribution < -0.4 is 5.32 Å². The summed E-state index contributed by atoms with van der Waals surface area (Å²) in [6, 6.07) is 3.84. The maximum atomic E-state index is 5.35. The van der Waals surface area contributed by atoms with Crippen LogP contribution >= 0.6 is 0 Å². The summed E-state index contributed by atoms with van der Waals surface area (Å²) >= 11 is 0. The molecule has 0 atom stereocenters. The van der Waals surface area contributed by atoms with Gasteiger partial charge >= 0.3 is 0 Å². The number of furan rings is 1. The van der Waals surface area contributed by atoms with Crippen LogP contribution in [-0.2, 0) is 0 Å². The monoisotopic (exact) mass is 247 g/mol. The van der Waals surface area contributed by atoms with E-state index in [0.29, 0.717) is 0 Å². The van der Waals surface area contributed by atoms with Gasteiger partial charge in [-0.15, -0.1) is 0 Å². The number of hydrogen-bond donors (Lipinski definition) is 1. The van der Waals surface area contributed by atoms with Crippen LogP contribution in [-0.4, -0.2) is 36.1 Å². The lowest BCUT2D eigenvalue weighted by Gasteiger charge is -2.17. The molecule has 1 N–H and O–H groups in total. The van der Waals surface area contributed by atoms with Gasteiger partial charge in [0.05, 0.1) is 11.6 Å². The second-order valence-corrected chi connectivity index (χ2v) is 4.30. The molecule has 98 valence electrons. The minimum absolute atomic E-state index is 0.885. The second kappa shape index (κ2) is 6.40. The van der Waals surface area contributed by atoms with Gasteiger partial charge in [-0.1, -0.05) is 13.8 Å². The molecule has 0 aliphatic carbocycles. The molecule has 0 unspecified atom stereocenters. The average Bonchev–Trinajstić information content (AvgIpc) is 2.88. The second-order valence-electron chi connectivity index (χ2n) is 4.30. The van der Waals surface area contributed by atoms with Crippen molar-refractivity contribution in [2.75, 3.05) is 31.5 Å². The molecular formula is C14H21N3O. The summed E-state index contributed by atoms with van der Waals surface area (Å²) in [5.41, 5.74) is 0.885. The van der Waals surface area contributed by atoms with E-state index in [4.69, 9.17) is 4.42 Å². The van der Waals surface area contributed by atoms with Crippen LogP contribution in [0.15, 0.2) is 29.0 Å². The first-order valence-electron chi connectivity index (χ1n) is 6.63. The van der Waals surface area contributed by atoms with Gasteiger partial charge in [-0.25, -0.2) is 4.98 Å². The van der Waals surface area contributed by atoms with Crippen LogP contribution in [0.25, 0.3) is 11.0 Å². The first-order valence-corrected chi connectivity index (χ1v) is 6.63. The molecule has 0 saturated carbocycles. The minimum Gasteiger partial charge on any atom is -0.464 e. The third kappa shape index (κ3) is 3.01. The maximum Gasteiger partial charge on any atom is 0.139 e. The first kappa shape index (κ1) is 12.9. The molecule has 0 fully saturated rings. The number of anilines is 1. The van der Waals surface area contributed by atoms with Crippen molar-refractivity contribution in [3.05, 3.63) is 24.6 Å². The Labute approximate surface area is 108 Å². The Kier molecular flexibility index (Phi) is 4.59. The van der Waals surface area contributed by atoms with E-state index < -0.39 is 0 Å². The smallest absolute Gasteiger partial charge is 0.139 e. The molecule has 0 amide bonds. The molecule has 0 aromatic carbocycles. The van der Waals surface area contributed by atoms with Gasteiger partial charge in [0.25, 0.3) is 0 Å².